The van der Waals surface area contributed by atoms with E-state index in [0.717, 1.165) is 17.8 Å². The molecule has 0 spiro atoms. The van der Waals surface area contributed by atoms with Gasteiger partial charge in [-0.1, -0.05) is 11.6 Å². The summed E-state index contributed by atoms with van der Waals surface area (Å²) < 4.78 is 131. The van der Waals surface area contributed by atoms with Gasteiger partial charge in [-0.15, -0.1) is 0 Å². The van der Waals surface area contributed by atoms with Crippen molar-refractivity contribution in [3.63, 3.8) is 0 Å². The van der Waals surface area contributed by atoms with Crippen molar-refractivity contribution < 1.29 is 44.1 Å². The Kier molecular flexibility index (Phi) is 9.49. The van der Waals surface area contributed by atoms with Gasteiger partial charge in [0.15, 0.2) is 17.5 Å². The highest BCUT2D eigenvalue weighted by molar-refractivity contribution is 6.34. The second-order valence-corrected chi connectivity index (χ2v) is 11.8. The van der Waals surface area contributed by atoms with Crippen LogP contribution in [-0.2, 0) is 6.54 Å². The Labute approximate surface area is 290 Å². The van der Waals surface area contributed by atoms with E-state index in [2.05, 4.69) is 40.8 Å². The summed E-state index contributed by atoms with van der Waals surface area (Å²) in [6.07, 6.45) is -1.47. The van der Waals surface area contributed by atoms with Crippen LogP contribution in [-0.4, -0.2) is 48.4 Å². The number of nitrogens with one attached hydrogen (secondary N) is 2. The molecule has 0 radical (unpaired) electrons. The number of benzene rings is 2. The molecule has 0 aliphatic rings. The minimum absolute atomic E-state index is 0.0360. The number of alkyl halides is 3. The Morgan fingerprint density at radius 2 is 1.27 bits per heavy atom. The van der Waals surface area contributed by atoms with Gasteiger partial charge in [-0.2, -0.15) is 13.2 Å². The van der Waals surface area contributed by atoms with Gasteiger partial charge in [-0.25, -0.2) is 50.8 Å². The molecule has 2 N–H and O–H groups in total. The average Bonchev–Trinajstić information content (AvgIpc) is 3.04. The van der Waals surface area contributed by atoms with Crippen LogP contribution in [0.15, 0.2) is 43.0 Å². The predicted molar refractivity (Wildman–Crippen MR) is 168 cm³/mol. The van der Waals surface area contributed by atoms with E-state index < -0.39 is 85.8 Å². The zero-order valence-corrected chi connectivity index (χ0v) is 27.2. The summed E-state index contributed by atoms with van der Waals surface area (Å²) in [6.45, 7) is 1.88. The summed E-state index contributed by atoms with van der Waals surface area (Å²) in [6, 6.07) is -1.77. The van der Waals surface area contributed by atoms with Gasteiger partial charge in [0.05, 0.1) is 44.8 Å². The van der Waals surface area contributed by atoms with Crippen LogP contribution in [0.2, 0.25) is 10.3 Å². The number of nitrogens with zero attached hydrogens (tertiary/aromatic N) is 7. The number of anilines is 2. The highest BCUT2D eigenvalue weighted by atomic mass is 35.5. The van der Waals surface area contributed by atoms with E-state index in [0.29, 0.717) is 24.3 Å². The molecule has 2 atom stereocenters. The van der Waals surface area contributed by atoms with Gasteiger partial charge in [0.25, 0.3) is 0 Å². The van der Waals surface area contributed by atoms with Crippen LogP contribution in [0.3, 0.4) is 0 Å². The summed E-state index contributed by atoms with van der Waals surface area (Å²) in [5.41, 5.74) is -4.24. The molecular weight excluding hydrogens is 740 g/mol. The number of hydrogen-bond acceptors (Lipinski definition) is 8. The van der Waals surface area contributed by atoms with E-state index in [-0.39, 0.29) is 40.1 Å². The average molecular weight is 759 g/mol. The van der Waals surface area contributed by atoms with Crippen molar-refractivity contribution in [3.8, 4) is 22.3 Å². The Balaban J connectivity index is 1.56. The predicted octanol–water partition coefficient (Wildman–Crippen LogP) is 7.99. The lowest BCUT2D eigenvalue weighted by Crippen LogP contribution is -2.45. The van der Waals surface area contributed by atoms with Crippen LogP contribution >= 0.6 is 23.2 Å². The molecule has 2 unspecified atom stereocenters. The fraction of sp³-hybridized carbons (Fsp3) is 0.194. The zero-order valence-electron chi connectivity index (χ0n) is 25.7. The number of hydrogen-bond donors (Lipinski definition) is 2. The third kappa shape index (κ3) is 6.72. The molecule has 0 amide bonds. The van der Waals surface area contributed by atoms with Crippen molar-refractivity contribution in [1.29, 1.82) is 0 Å². The summed E-state index contributed by atoms with van der Waals surface area (Å²) in [4.78, 5) is 16.4. The molecule has 2 aromatic carbocycles. The van der Waals surface area contributed by atoms with E-state index in [9.17, 15) is 22.0 Å². The smallest absolute Gasteiger partial charge is 0.376 e. The lowest BCUT2D eigenvalue weighted by atomic mass is 10.0. The van der Waals surface area contributed by atoms with E-state index in [4.69, 9.17) is 23.2 Å². The van der Waals surface area contributed by atoms with Crippen LogP contribution in [0.1, 0.15) is 13.8 Å². The molecular formula is C31H19Cl2F9N9+. The standard InChI is InChI=1S/C31H18Cl2F9N9/c1-11(47-23-21(19-15(36)5-13(34)6-16(19)37)27(32)49-29-25(23)43-3-4-44-29)9-51-28(33)22(20-17(38)7-14(35)8-18(20)39)24(48-12(2)31(40,41)42)26-30(51)50-46-10-45-26/h3-8,10-12H,9H2,1-2H3,(H,44,47,49)/p+1. The van der Waals surface area contributed by atoms with Crippen molar-refractivity contribution in [2.24, 2.45) is 0 Å². The van der Waals surface area contributed by atoms with E-state index in [1.165, 1.54) is 19.3 Å². The second kappa shape index (κ2) is 13.6. The minimum atomic E-state index is -4.86. The summed E-state index contributed by atoms with van der Waals surface area (Å²) in [5.74, 6) is -8.18. The number of pyridine rings is 2. The van der Waals surface area contributed by atoms with Gasteiger partial charge in [0.1, 0.15) is 58.2 Å². The first-order valence-corrected chi connectivity index (χ1v) is 15.2. The monoisotopic (exact) mass is 758 g/mol. The first-order chi connectivity index (χ1) is 24.1. The molecule has 0 saturated carbocycles. The topological polar surface area (TPSA) is 105 Å². The normalized spacial score (nSPS) is 13.1. The van der Waals surface area contributed by atoms with Crippen LogP contribution in [0.25, 0.3) is 44.6 Å². The van der Waals surface area contributed by atoms with Gasteiger partial charge >= 0.3 is 11.8 Å². The largest absolute Gasteiger partial charge is 0.408 e. The molecule has 4 heterocycles. The first kappa shape index (κ1) is 35.7. The number of halogens is 11. The molecule has 0 aliphatic carbocycles. The molecule has 0 fully saturated rings. The van der Waals surface area contributed by atoms with Gasteiger partial charge in [-0.05, 0) is 30.5 Å². The third-order valence-electron chi connectivity index (χ3n) is 7.58. The van der Waals surface area contributed by atoms with E-state index in [1.807, 2.05) is 0 Å². The Hall–Kier alpha value is -5.10. The van der Waals surface area contributed by atoms with Gasteiger partial charge < -0.3 is 10.6 Å². The Morgan fingerprint density at radius 1 is 0.725 bits per heavy atom. The molecule has 9 nitrogen and oxygen atoms in total. The maximum atomic E-state index is 15.3. The van der Waals surface area contributed by atoms with E-state index in [1.54, 1.807) is 0 Å². The molecule has 4 aromatic heterocycles. The maximum absolute atomic E-state index is 15.3. The highest BCUT2D eigenvalue weighted by Gasteiger charge is 2.39. The Morgan fingerprint density at radius 3 is 1.86 bits per heavy atom. The maximum Gasteiger partial charge on any atom is 0.408 e. The molecule has 0 saturated heterocycles. The van der Waals surface area contributed by atoms with Crippen LogP contribution in [0.4, 0.5) is 50.9 Å². The Bertz CT molecular complexity index is 2300. The molecule has 0 aliphatic heterocycles. The fourth-order valence-electron chi connectivity index (χ4n) is 5.37. The lowest BCUT2D eigenvalue weighted by molar-refractivity contribution is -0.671. The van der Waals surface area contributed by atoms with Crippen molar-refractivity contribution in [3.05, 3.63) is 88.2 Å². The summed E-state index contributed by atoms with van der Waals surface area (Å²) in [5, 5.41) is 11.8. The van der Waals surface area contributed by atoms with Gasteiger partial charge in [0.2, 0.25) is 5.15 Å². The van der Waals surface area contributed by atoms with Crippen LogP contribution < -0.4 is 15.2 Å². The minimum Gasteiger partial charge on any atom is -0.376 e. The highest BCUT2D eigenvalue weighted by Crippen LogP contribution is 2.43. The second-order valence-electron chi connectivity index (χ2n) is 11.1. The molecule has 20 heteroatoms. The van der Waals surface area contributed by atoms with Gasteiger partial charge in [-0.3, -0.25) is 0 Å². The summed E-state index contributed by atoms with van der Waals surface area (Å²) >= 11 is 13.2. The third-order valence-corrected chi connectivity index (χ3v) is 8.24. The van der Waals surface area contributed by atoms with Crippen LogP contribution in [0.5, 0.6) is 0 Å². The SMILES string of the molecule is CC(C[n+]1c(Cl)c(-c2c(F)cc(F)cc2F)c(NC(C)C(F)(F)F)c2ncnnc21)Nc1c(-c2c(F)cc(F)cc2F)c(Cl)nc2nccnc12. The molecule has 264 valence electrons. The summed E-state index contributed by atoms with van der Waals surface area (Å²) in [7, 11) is 0. The molecule has 0 bridgehead atoms. The zero-order chi connectivity index (χ0) is 36.9. The fourth-order valence-corrected chi connectivity index (χ4v) is 5.97. The quantitative estimate of drug-likeness (QED) is 0.0915. The molecule has 51 heavy (non-hydrogen) atoms. The first-order valence-electron chi connectivity index (χ1n) is 14.5. The van der Waals surface area contributed by atoms with Crippen molar-refractivity contribution in [2.45, 2.75) is 38.7 Å². The van der Waals surface area contributed by atoms with E-state index >= 15 is 17.6 Å². The van der Waals surface area contributed by atoms with Crippen LogP contribution in [0, 0.1) is 34.9 Å². The van der Waals surface area contributed by atoms with Crippen molar-refractivity contribution >= 4 is 56.9 Å². The number of rotatable bonds is 8. The number of aromatic nitrogens is 7. The van der Waals surface area contributed by atoms with Crippen molar-refractivity contribution in [1.82, 2.24) is 30.1 Å². The van der Waals surface area contributed by atoms with Crippen molar-refractivity contribution in [2.75, 3.05) is 10.6 Å². The number of fused-ring (bicyclic) bond motifs is 2. The van der Waals surface area contributed by atoms with Gasteiger partial charge in [0, 0.05) is 36.7 Å². The lowest BCUT2D eigenvalue weighted by Gasteiger charge is -2.23. The molecule has 6 rings (SSSR count). The molecule has 6 aromatic rings.